The molecule has 0 saturated carbocycles. The molecule has 0 aliphatic heterocycles. The molecule has 4 rings (SSSR count). The first kappa shape index (κ1) is 20.5. The quantitative estimate of drug-likeness (QED) is 0.371. The molecular formula is C23H21Cl2N3O2. The van der Waals surface area contributed by atoms with Crippen molar-refractivity contribution in [3.63, 3.8) is 0 Å². The molecule has 2 heterocycles. The average Bonchev–Trinajstić information content (AvgIpc) is 3.19. The first-order valence-corrected chi connectivity index (χ1v) is 10.4. The van der Waals surface area contributed by atoms with Gasteiger partial charge in [0.25, 0.3) is 5.91 Å². The summed E-state index contributed by atoms with van der Waals surface area (Å²) in [7, 11) is 0. The van der Waals surface area contributed by atoms with Gasteiger partial charge in [0.2, 0.25) is 5.71 Å². The Balaban J connectivity index is 1.78. The van der Waals surface area contributed by atoms with Crippen molar-refractivity contribution in [1.82, 2.24) is 14.5 Å². The second kappa shape index (κ2) is 8.17. The Kier molecular flexibility index (Phi) is 5.58. The van der Waals surface area contributed by atoms with E-state index in [-0.39, 0.29) is 5.91 Å². The van der Waals surface area contributed by atoms with Crippen LogP contribution in [-0.2, 0) is 6.54 Å². The normalized spacial score (nSPS) is 11.2. The van der Waals surface area contributed by atoms with Crippen LogP contribution in [-0.4, -0.2) is 27.0 Å². The Morgan fingerprint density at radius 2 is 1.87 bits per heavy atom. The van der Waals surface area contributed by atoms with Crippen molar-refractivity contribution in [3.05, 3.63) is 81.2 Å². The van der Waals surface area contributed by atoms with Crippen molar-refractivity contribution >= 4 is 34.8 Å². The van der Waals surface area contributed by atoms with Gasteiger partial charge < -0.3 is 9.32 Å². The molecule has 2 aromatic carbocycles. The maximum atomic E-state index is 13.4. The van der Waals surface area contributed by atoms with Crippen LogP contribution in [0.3, 0.4) is 0 Å². The minimum Gasteiger partial charge on any atom is -0.440 e. The number of aromatic nitrogens is 2. The molecule has 0 N–H and O–H groups in total. The summed E-state index contributed by atoms with van der Waals surface area (Å²) in [5.41, 5.74) is 4.01. The predicted molar refractivity (Wildman–Crippen MR) is 119 cm³/mol. The first-order chi connectivity index (χ1) is 14.4. The molecule has 0 atom stereocenters. The minimum absolute atomic E-state index is 0.114. The summed E-state index contributed by atoms with van der Waals surface area (Å²) in [6.45, 7) is 6.69. The number of nitrogens with zero attached hydrogens (tertiary/aromatic N) is 3. The monoisotopic (exact) mass is 441 g/mol. The predicted octanol–water partition coefficient (Wildman–Crippen LogP) is 6.18. The molecular weight excluding hydrogens is 421 g/mol. The third kappa shape index (κ3) is 3.59. The van der Waals surface area contributed by atoms with Crippen molar-refractivity contribution in [2.45, 2.75) is 27.3 Å². The van der Waals surface area contributed by atoms with Crippen LogP contribution >= 0.6 is 23.2 Å². The van der Waals surface area contributed by atoms with Crippen molar-refractivity contribution in [3.8, 4) is 11.3 Å². The molecule has 154 valence electrons. The van der Waals surface area contributed by atoms with E-state index in [1.54, 1.807) is 21.5 Å². The van der Waals surface area contributed by atoms with Gasteiger partial charge in [-0.3, -0.25) is 4.79 Å². The van der Waals surface area contributed by atoms with Gasteiger partial charge in [-0.05, 0) is 44.5 Å². The van der Waals surface area contributed by atoms with Gasteiger partial charge in [-0.15, -0.1) is 0 Å². The molecule has 0 aliphatic rings. The molecule has 0 fully saturated rings. The third-order valence-corrected chi connectivity index (χ3v) is 5.65. The number of carbonyl (C=O) groups is 1. The fourth-order valence-electron chi connectivity index (χ4n) is 3.61. The van der Waals surface area contributed by atoms with Crippen molar-refractivity contribution in [2.75, 3.05) is 6.54 Å². The van der Waals surface area contributed by atoms with E-state index in [0.29, 0.717) is 51.6 Å². The SMILES string of the molecule is CCN(Cc1ccccc1)C(=O)c1c(C)nn2c(-c3ccc(Cl)cc3Cl)c(C)oc12. The third-order valence-electron chi connectivity index (χ3n) is 5.10. The fourth-order valence-corrected chi connectivity index (χ4v) is 4.11. The van der Waals surface area contributed by atoms with Crippen molar-refractivity contribution in [2.24, 2.45) is 0 Å². The summed E-state index contributed by atoms with van der Waals surface area (Å²) in [5.74, 6) is 0.512. The van der Waals surface area contributed by atoms with Gasteiger partial charge in [0.1, 0.15) is 17.0 Å². The maximum absolute atomic E-state index is 13.4. The Labute approximate surface area is 184 Å². The number of fused-ring (bicyclic) bond motifs is 1. The molecule has 0 bridgehead atoms. The Bertz CT molecular complexity index is 1230. The van der Waals surface area contributed by atoms with E-state index in [2.05, 4.69) is 5.10 Å². The van der Waals surface area contributed by atoms with E-state index in [1.807, 2.05) is 57.2 Å². The number of carbonyl (C=O) groups excluding carboxylic acids is 1. The van der Waals surface area contributed by atoms with Crippen LogP contribution in [0.1, 0.15) is 34.3 Å². The largest absolute Gasteiger partial charge is 0.440 e. The van der Waals surface area contributed by atoms with Crippen LogP contribution in [0.4, 0.5) is 0 Å². The fraction of sp³-hybridized carbons (Fsp3) is 0.217. The highest BCUT2D eigenvalue weighted by Gasteiger charge is 2.28. The number of hydrogen-bond donors (Lipinski definition) is 0. The molecule has 4 aromatic rings. The van der Waals surface area contributed by atoms with Gasteiger partial charge >= 0.3 is 0 Å². The summed E-state index contributed by atoms with van der Waals surface area (Å²) < 4.78 is 7.67. The van der Waals surface area contributed by atoms with Gasteiger partial charge in [0.15, 0.2) is 0 Å². The van der Waals surface area contributed by atoms with Crippen LogP contribution in [0, 0.1) is 13.8 Å². The van der Waals surface area contributed by atoms with E-state index in [4.69, 9.17) is 27.6 Å². The average molecular weight is 442 g/mol. The molecule has 0 radical (unpaired) electrons. The molecule has 2 aromatic heterocycles. The highest BCUT2D eigenvalue weighted by molar-refractivity contribution is 6.36. The van der Waals surface area contributed by atoms with Crippen LogP contribution in [0.15, 0.2) is 52.9 Å². The van der Waals surface area contributed by atoms with Crippen LogP contribution < -0.4 is 0 Å². The van der Waals surface area contributed by atoms with E-state index in [0.717, 1.165) is 11.1 Å². The highest BCUT2D eigenvalue weighted by Crippen LogP contribution is 2.35. The Hall–Kier alpha value is -2.76. The van der Waals surface area contributed by atoms with E-state index in [9.17, 15) is 4.79 Å². The molecule has 0 aliphatic carbocycles. The first-order valence-electron chi connectivity index (χ1n) is 9.68. The molecule has 30 heavy (non-hydrogen) atoms. The molecule has 0 unspecified atom stereocenters. The lowest BCUT2D eigenvalue weighted by Gasteiger charge is -2.20. The van der Waals surface area contributed by atoms with E-state index >= 15 is 0 Å². The minimum atomic E-state index is -0.114. The highest BCUT2D eigenvalue weighted by atomic mass is 35.5. The van der Waals surface area contributed by atoms with Gasteiger partial charge in [-0.2, -0.15) is 9.61 Å². The topological polar surface area (TPSA) is 50.8 Å². The smallest absolute Gasteiger partial charge is 0.261 e. The number of hydrogen-bond acceptors (Lipinski definition) is 3. The summed E-state index contributed by atoms with van der Waals surface area (Å²) in [6.07, 6.45) is 0. The van der Waals surface area contributed by atoms with Crippen molar-refractivity contribution in [1.29, 1.82) is 0 Å². The van der Waals surface area contributed by atoms with Gasteiger partial charge in [0, 0.05) is 23.7 Å². The summed E-state index contributed by atoms with van der Waals surface area (Å²) in [6, 6.07) is 15.2. The molecule has 5 nitrogen and oxygen atoms in total. The second-order valence-electron chi connectivity index (χ2n) is 7.11. The standard InChI is InChI=1S/C23H21Cl2N3O2/c1-4-27(13-16-8-6-5-7-9-16)22(29)20-14(2)26-28-21(15(3)30-23(20)28)18-11-10-17(24)12-19(18)25/h5-12H,4,13H2,1-3H3. The Morgan fingerprint density at radius 1 is 1.13 bits per heavy atom. The number of aryl methyl sites for hydroxylation is 2. The van der Waals surface area contributed by atoms with Crippen molar-refractivity contribution < 1.29 is 9.21 Å². The maximum Gasteiger partial charge on any atom is 0.261 e. The van der Waals surface area contributed by atoms with Gasteiger partial charge in [0.05, 0.1) is 10.7 Å². The lowest BCUT2D eigenvalue weighted by Crippen LogP contribution is -2.30. The van der Waals surface area contributed by atoms with E-state index in [1.165, 1.54) is 0 Å². The second-order valence-corrected chi connectivity index (χ2v) is 7.96. The van der Waals surface area contributed by atoms with Crippen LogP contribution in [0.25, 0.3) is 17.0 Å². The summed E-state index contributed by atoms with van der Waals surface area (Å²) in [5, 5.41) is 5.65. The number of rotatable bonds is 5. The molecule has 7 heteroatoms. The zero-order chi connectivity index (χ0) is 21.4. The lowest BCUT2D eigenvalue weighted by molar-refractivity contribution is 0.0752. The summed E-state index contributed by atoms with van der Waals surface area (Å²) in [4.78, 5) is 15.2. The number of oxazole rings is 1. The van der Waals surface area contributed by atoms with Crippen LogP contribution in [0.5, 0.6) is 0 Å². The molecule has 1 amide bonds. The molecule has 0 saturated heterocycles. The van der Waals surface area contributed by atoms with Gasteiger partial charge in [-0.25, -0.2) is 0 Å². The van der Waals surface area contributed by atoms with E-state index < -0.39 is 0 Å². The number of halogens is 2. The van der Waals surface area contributed by atoms with Gasteiger partial charge in [-0.1, -0.05) is 53.5 Å². The molecule has 0 spiro atoms. The lowest BCUT2D eigenvalue weighted by atomic mass is 10.1. The summed E-state index contributed by atoms with van der Waals surface area (Å²) >= 11 is 12.5. The number of amides is 1. The Morgan fingerprint density at radius 3 is 2.53 bits per heavy atom. The van der Waals surface area contributed by atoms with Crippen LogP contribution in [0.2, 0.25) is 10.0 Å². The zero-order valence-electron chi connectivity index (χ0n) is 16.9. The zero-order valence-corrected chi connectivity index (χ0v) is 18.5. The number of benzene rings is 2.